The molecule has 0 aromatic carbocycles. The van der Waals surface area contributed by atoms with E-state index in [2.05, 4.69) is 45.0 Å². The van der Waals surface area contributed by atoms with Crippen molar-refractivity contribution < 1.29 is 19.1 Å². The zero-order valence-electron chi connectivity index (χ0n) is 20.6. The van der Waals surface area contributed by atoms with Gasteiger partial charge in [0.1, 0.15) is 12.4 Å². The summed E-state index contributed by atoms with van der Waals surface area (Å²) in [5.41, 5.74) is 3.92. The molecule has 5 nitrogen and oxygen atoms in total. The number of Topliss-reactive ketones (excluding diaryl/α,β-unsaturated/α-hetero) is 1. The number of esters is 1. The van der Waals surface area contributed by atoms with Gasteiger partial charge in [0.05, 0.1) is 12.9 Å². The van der Waals surface area contributed by atoms with Crippen molar-refractivity contribution in [3.63, 3.8) is 0 Å². The van der Waals surface area contributed by atoms with Crippen molar-refractivity contribution in [2.45, 2.75) is 59.3 Å². The molecule has 0 aromatic heterocycles. The highest BCUT2D eigenvalue weighted by Gasteiger charge is 2.61. The van der Waals surface area contributed by atoms with E-state index < -0.39 is 0 Å². The maximum absolute atomic E-state index is 13.8. The fourth-order valence-corrected chi connectivity index (χ4v) is 7.54. The Morgan fingerprint density at radius 2 is 2.00 bits per heavy atom. The summed E-state index contributed by atoms with van der Waals surface area (Å²) in [4.78, 5) is 27.3. The summed E-state index contributed by atoms with van der Waals surface area (Å²) >= 11 is 0. The molecule has 4 aliphatic rings. The van der Waals surface area contributed by atoms with Crippen LogP contribution < -0.4 is 0 Å². The summed E-state index contributed by atoms with van der Waals surface area (Å²) < 4.78 is 10.8. The Balaban J connectivity index is 1.73. The third kappa shape index (κ3) is 3.76. The second-order valence-electron chi connectivity index (χ2n) is 11.1. The molecule has 0 spiro atoms. The Morgan fingerprint density at radius 1 is 1.25 bits per heavy atom. The number of likely N-dealkylation sites (N-methyl/N-ethyl adjacent to an activating group) is 1. The Kier molecular flexibility index (Phi) is 6.17. The van der Waals surface area contributed by atoms with Crippen LogP contribution in [0, 0.1) is 28.6 Å². The average molecular weight is 442 g/mol. The van der Waals surface area contributed by atoms with Crippen LogP contribution in [0.15, 0.2) is 34.6 Å². The molecule has 5 heteroatoms. The van der Waals surface area contributed by atoms with Crippen LogP contribution in [0.25, 0.3) is 0 Å². The van der Waals surface area contributed by atoms with Gasteiger partial charge in [-0.05, 0) is 74.8 Å². The predicted octanol–water partition coefficient (Wildman–Crippen LogP) is 4.69. The second kappa shape index (κ2) is 8.48. The molecule has 0 saturated heterocycles. The number of hydrogen-bond acceptors (Lipinski definition) is 5. The number of fused-ring (bicyclic) bond motifs is 5. The molecule has 32 heavy (non-hydrogen) atoms. The van der Waals surface area contributed by atoms with Crippen molar-refractivity contribution >= 4 is 11.8 Å². The minimum atomic E-state index is -0.256. The molecule has 0 unspecified atom stereocenters. The van der Waals surface area contributed by atoms with Crippen molar-refractivity contribution in [3.05, 3.63) is 34.6 Å². The van der Waals surface area contributed by atoms with Gasteiger partial charge in [-0.25, -0.2) is 0 Å². The highest BCUT2D eigenvalue weighted by Crippen LogP contribution is 2.65. The van der Waals surface area contributed by atoms with Crippen molar-refractivity contribution in [1.82, 2.24) is 4.90 Å². The smallest absolute Gasteiger partial charge is 0.302 e. The highest BCUT2D eigenvalue weighted by atomic mass is 16.5. The Hall–Kier alpha value is -1.88. The lowest BCUT2D eigenvalue weighted by Crippen LogP contribution is -2.54. The fraction of sp³-hybridized carbons (Fsp3) is 0.704. The van der Waals surface area contributed by atoms with Crippen LogP contribution in [-0.2, 0) is 19.1 Å². The van der Waals surface area contributed by atoms with E-state index in [9.17, 15) is 9.59 Å². The van der Waals surface area contributed by atoms with Gasteiger partial charge in [0, 0.05) is 37.6 Å². The predicted molar refractivity (Wildman–Crippen MR) is 125 cm³/mol. The first-order chi connectivity index (χ1) is 15.1. The molecule has 0 radical (unpaired) electrons. The van der Waals surface area contributed by atoms with Gasteiger partial charge in [-0.15, -0.1) is 0 Å². The van der Waals surface area contributed by atoms with E-state index in [1.54, 1.807) is 7.11 Å². The van der Waals surface area contributed by atoms with Gasteiger partial charge in [-0.2, -0.15) is 0 Å². The van der Waals surface area contributed by atoms with Crippen molar-refractivity contribution in [2.24, 2.45) is 28.6 Å². The van der Waals surface area contributed by atoms with Crippen LogP contribution in [0.1, 0.15) is 59.3 Å². The number of rotatable bonds is 5. The lowest BCUT2D eigenvalue weighted by atomic mass is 9.47. The van der Waals surface area contributed by atoms with E-state index in [4.69, 9.17) is 9.47 Å². The molecule has 4 rings (SSSR count). The lowest BCUT2D eigenvalue weighted by molar-refractivity contribution is -0.141. The molecule has 0 bridgehead atoms. The average Bonchev–Trinajstić information content (AvgIpc) is 3.02. The number of ketones is 1. The molecule has 0 aliphatic heterocycles. The molecular weight excluding hydrogens is 402 g/mol. The minimum absolute atomic E-state index is 0.0870. The zero-order valence-corrected chi connectivity index (χ0v) is 20.6. The van der Waals surface area contributed by atoms with Crippen LogP contribution in [0.5, 0.6) is 0 Å². The fourth-order valence-electron chi connectivity index (χ4n) is 7.54. The number of nitrogens with zero attached hydrogens (tertiary/aromatic N) is 1. The van der Waals surface area contributed by atoms with Crippen LogP contribution in [0.4, 0.5) is 0 Å². The van der Waals surface area contributed by atoms with Gasteiger partial charge in [0.25, 0.3) is 0 Å². The summed E-state index contributed by atoms with van der Waals surface area (Å²) in [6.07, 6.45) is 9.93. The summed E-state index contributed by atoms with van der Waals surface area (Å²) in [5.74, 6) is 2.17. The monoisotopic (exact) mass is 441 g/mol. The molecule has 176 valence electrons. The normalized spacial score (nSPS) is 37.7. The van der Waals surface area contributed by atoms with Gasteiger partial charge in [0.15, 0.2) is 0 Å². The van der Waals surface area contributed by atoms with Gasteiger partial charge in [-0.3, -0.25) is 9.59 Å². The minimum Gasteiger partial charge on any atom is -0.501 e. The number of methoxy groups -OCH3 is 1. The Bertz CT molecular complexity index is 897. The van der Waals surface area contributed by atoms with E-state index in [-0.39, 0.29) is 22.7 Å². The molecule has 4 aliphatic carbocycles. The van der Waals surface area contributed by atoms with Crippen molar-refractivity contribution in [3.8, 4) is 0 Å². The molecule has 0 N–H and O–H groups in total. The molecule has 0 amide bonds. The van der Waals surface area contributed by atoms with E-state index in [1.165, 1.54) is 23.6 Å². The van der Waals surface area contributed by atoms with E-state index in [1.807, 2.05) is 0 Å². The number of carbonyl (C=O) groups excluding carboxylic acids is 2. The van der Waals surface area contributed by atoms with Crippen LogP contribution in [-0.4, -0.2) is 51.0 Å². The molecule has 5 atom stereocenters. The van der Waals surface area contributed by atoms with E-state index in [0.717, 1.165) is 44.4 Å². The summed E-state index contributed by atoms with van der Waals surface area (Å²) in [7, 11) is 6.01. The molecular formula is C27H39NO4. The SMILES string of the molecule is COC1=CC2=C(CN(C)C)C[C@@H]3[C@H](C(=O)C[C@]4(C)C(=CCOC(C)=O)CC[C@@H]34)[C@@]2(C)CC1. The first-order valence-electron chi connectivity index (χ1n) is 12.1. The maximum atomic E-state index is 13.8. The first-order valence-corrected chi connectivity index (χ1v) is 12.1. The van der Waals surface area contributed by atoms with Crippen molar-refractivity contribution in [2.75, 3.05) is 34.4 Å². The van der Waals surface area contributed by atoms with Crippen LogP contribution in [0.3, 0.4) is 0 Å². The first kappa shape index (κ1) is 23.3. The number of allylic oxidation sites excluding steroid dienone is 4. The van der Waals surface area contributed by atoms with Gasteiger partial charge < -0.3 is 14.4 Å². The zero-order chi connectivity index (χ0) is 23.3. The highest BCUT2D eigenvalue weighted by molar-refractivity contribution is 5.86. The third-order valence-corrected chi connectivity index (χ3v) is 8.86. The summed E-state index contributed by atoms with van der Waals surface area (Å²) in [6.45, 7) is 7.31. The number of ether oxygens (including phenoxy) is 2. The Morgan fingerprint density at radius 3 is 2.66 bits per heavy atom. The van der Waals surface area contributed by atoms with Gasteiger partial charge in [0.2, 0.25) is 0 Å². The number of hydrogen-bond donors (Lipinski definition) is 0. The number of carbonyl (C=O) groups is 2. The van der Waals surface area contributed by atoms with E-state index in [0.29, 0.717) is 30.6 Å². The topological polar surface area (TPSA) is 55.8 Å². The molecule has 2 fully saturated rings. The summed E-state index contributed by atoms with van der Waals surface area (Å²) in [5, 5.41) is 0. The van der Waals surface area contributed by atoms with Gasteiger partial charge in [-0.1, -0.05) is 25.0 Å². The maximum Gasteiger partial charge on any atom is 0.302 e. The molecule has 2 saturated carbocycles. The quantitative estimate of drug-likeness (QED) is 0.458. The van der Waals surface area contributed by atoms with Crippen molar-refractivity contribution in [1.29, 1.82) is 0 Å². The van der Waals surface area contributed by atoms with Gasteiger partial charge >= 0.3 is 5.97 Å². The molecule has 0 aromatic rings. The van der Waals surface area contributed by atoms with E-state index >= 15 is 0 Å². The van der Waals surface area contributed by atoms with Crippen LogP contribution >= 0.6 is 0 Å². The third-order valence-electron chi connectivity index (χ3n) is 8.86. The largest absolute Gasteiger partial charge is 0.501 e. The lowest BCUT2D eigenvalue weighted by Gasteiger charge is -2.56. The second-order valence-corrected chi connectivity index (χ2v) is 11.1. The van der Waals surface area contributed by atoms with Crippen LogP contribution in [0.2, 0.25) is 0 Å². The molecule has 0 heterocycles. The Labute approximate surface area is 192 Å². The standard InChI is InChI=1S/C27H39NO4/c1-17(29)32-12-10-19-7-8-22-21-13-18(16-28(4)5)23-14-20(31-6)9-11-26(23,2)25(21)24(30)15-27(19,22)3/h10,14,21-22,25H,7-9,11-13,15-16H2,1-6H3/t21-,22-,25+,26-,27+/m0/s1. The summed E-state index contributed by atoms with van der Waals surface area (Å²) in [6, 6.07) is 0.